The second-order valence-corrected chi connectivity index (χ2v) is 4.73. The Bertz CT molecular complexity index is 556. The largest absolute Gasteiger partial charge is 0.399 e. The maximum Gasteiger partial charge on any atom is 0.193 e. The minimum absolute atomic E-state index is 0.0117. The Labute approximate surface area is 107 Å². The molecule has 0 aromatic heterocycles. The van der Waals surface area contributed by atoms with Crippen LogP contribution in [0.2, 0.25) is 0 Å². The summed E-state index contributed by atoms with van der Waals surface area (Å²) in [6.45, 7) is 4.27. The molecule has 18 heavy (non-hydrogen) atoms. The number of hydrogen-bond acceptors (Lipinski definition) is 2. The highest BCUT2D eigenvalue weighted by Gasteiger charge is 2.09. The number of carbonyl (C=O) groups is 1. The summed E-state index contributed by atoms with van der Waals surface area (Å²) in [4.78, 5) is 12.2. The predicted octanol–water partition coefficient (Wildman–Crippen LogP) is 3.62. The number of carbonyl (C=O) groups excluding carboxylic acids is 1. The zero-order valence-corrected chi connectivity index (χ0v) is 10.7. The van der Waals surface area contributed by atoms with Crippen molar-refractivity contribution in [3.8, 4) is 0 Å². The van der Waals surface area contributed by atoms with E-state index in [1.54, 1.807) is 24.3 Å². The average molecular weight is 239 g/mol. The first kappa shape index (κ1) is 12.4. The molecule has 0 amide bonds. The van der Waals surface area contributed by atoms with E-state index in [0.29, 0.717) is 22.7 Å². The Morgan fingerprint density at radius 1 is 1.00 bits per heavy atom. The number of nitrogen functional groups attached to an aromatic ring is 1. The SMILES string of the molecule is CC(C)c1ccc(C(=O)c2cccc(N)c2)cc1. The van der Waals surface area contributed by atoms with Crippen LogP contribution in [0.1, 0.15) is 41.3 Å². The van der Waals surface area contributed by atoms with Gasteiger partial charge in [-0.15, -0.1) is 0 Å². The molecule has 0 atom stereocenters. The second-order valence-electron chi connectivity index (χ2n) is 4.73. The van der Waals surface area contributed by atoms with Gasteiger partial charge in [-0.2, -0.15) is 0 Å². The van der Waals surface area contributed by atoms with E-state index in [0.717, 1.165) is 0 Å². The summed E-state index contributed by atoms with van der Waals surface area (Å²) in [5.74, 6) is 0.485. The minimum atomic E-state index is 0.0117. The van der Waals surface area contributed by atoms with Crippen LogP contribution >= 0.6 is 0 Å². The summed E-state index contributed by atoms with van der Waals surface area (Å²) in [7, 11) is 0. The molecular weight excluding hydrogens is 222 g/mol. The topological polar surface area (TPSA) is 43.1 Å². The molecule has 0 aliphatic carbocycles. The van der Waals surface area contributed by atoms with Gasteiger partial charge in [0.2, 0.25) is 0 Å². The maximum absolute atomic E-state index is 12.2. The van der Waals surface area contributed by atoms with Crippen LogP contribution in [0.5, 0.6) is 0 Å². The Morgan fingerprint density at radius 2 is 1.67 bits per heavy atom. The van der Waals surface area contributed by atoms with Gasteiger partial charge in [-0.25, -0.2) is 0 Å². The standard InChI is InChI=1S/C16H17NO/c1-11(2)12-6-8-13(9-7-12)16(18)14-4-3-5-15(17)10-14/h3-11H,17H2,1-2H3. The molecule has 2 nitrogen and oxygen atoms in total. The summed E-state index contributed by atoms with van der Waals surface area (Å²) in [6.07, 6.45) is 0. The lowest BCUT2D eigenvalue weighted by atomic mass is 9.98. The Balaban J connectivity index is 2.29. The van der Waals surface area contributed by atoms with Crippen molar-refractivity contribution in [2.75, 3.05) is 5.73 Å². The molecule has 0 fully saturated rings. The van der Waals surface area contributed by atoms with Gasteiger partial charge in [0.1, 0.15) is 0 Å². The molecule has 0 spiro atoms. The normalized spacial score (nSPS) is 10.6. The fourth-order valence-electron chi connectivity index (χ4n) is 1.87. The van der Waals surface area contributed by atoms with E-state index in [2.05, 4.69) is 13.8 Å². The van der Waals surface area contributed by atoms with E-state index >= 15 is 0 Å². The summed E-state index contributed by atoms with van der Waals surface area (Å²) >= 11 is 0. The third-order valence-corrected chi connectivity index (χ3v) is 2.99. The fourth-order valence-corrected chi connectivity index (χ4v) is 1.87. The van der Waals surface area contributed by atoms with Gasteiger partial charge in [-0.3, -0.25) is 4.79 Å². The van der Waals surface area contributed by atoms with Crippen LogP contribution < -0.4 is 5.73 Å². The van der Waals surface area contributed by atoms with Crippen LogP contribution in [0.4, 0.5) is 5.69 Å². The molecule has 0 saturated heterocycles. The molecule has 0 heterocycles. The molecule has 2 heteroatoms. The van der Waals surface area contributed by atoms with Crippen molar-refractivity contribution in [3.05, 3.63) is 65.2 Å². The maximum atomic E-state index is 12.2. The number of ketones is 1. The molecule has 2 aromatic rings. The van der Waals surface area contributed by atoms with E-state index in [9.17, 15) is 4.79 Å². The number of benzene rings is 2. The van der Waals surface area contributed by atoms with E-state index in [4.69, 9.17) is 5.73 Å². The van der Waals surface area contributed by atoms with Gasteiger partial charge in [-0.1, -0.05) is 50.2 Å². The minimum Gasteiger partial charge on any atom is -0.399 e. The molecule has 2 aromatic carbocycles. The van der Waals surface area contributed by atoms with Crippen LogP contribution in [-0.4, -0.2) is 5.78 Å². The quantitative estimate of drug-likeness (QED) is 0.656. The molecule has 0 bridgehead atoms. The zero-order valence-electron chi connectivity index (χ0n) is 10.7. The van der Waals surface area contributed by atoms with Gasteiger partial charge in [0.25, 0.3) is 0 Å². The van der Waals surface area contributed by atoms with Crippen molar-refractivity contribution in [3.63, 3.8) is 0 Å². The fraction of sp³-hybridized carbons (Fsp3) is 0.188. The molecule has 0 unspecified atom stereocenters. The lowest BCUT2D eigenvalue weighted by Gasteiger charge is -2.06. The smallest absolute Gasteiger partial charge is 0.193 e. The summed E-state index contributed by atoms with van der Waals surface area (Å²) in [6, 6.07) is 14.8. The molecular formula is C16H17NO. The van der Waals surface area contributed by atoms with E-state index in [1.165, 1.54) is 5.56 Å². The number of hydrogen-bond donors (Lipinski definition) is 1. The Hall–Kier alpha value is -2.09. The Kier molecular flexibility index (Phi) is 3.47. The van der Waals surface area contributed by atoms with E-state index in [-0.39, 0.29) is 5.78 Å². The molecule has 2 N–H and O–H groups in total. The van der Waals surface area contributed by atoms with Crippen molar-refractivity contribution in [1.82, 2.24) is 0 Å². The van der Waals surface area contributed by atoms with Gasteiger partial charge in [0, 0.05) is 16.8 Å². The second kappa shape index (κ2) is 5.05. The van der Waals surface area contributed by atoms with Gasteiger partial charge >= 0.3 is 0 Å². The highest BCUT2D eigenvalue weighted by atomic mass is 16.1. The molecule has 0 radical (unpaired) electrons. The first-order valence-corrected chi connectivity index (χ1v) is 6.08. The van der Waals surface area contributed by atoms with Gasteiger partial charge in [-0.05, 0) is 23.6 Å². The zero-order chi connectivity index (χ0) is 13.1. The van der Waals surface area contributed by atoms with Crippen LogP contribution in [0.25, 0.3) is 0 Å². The van der Waals surface area contributed by atoms with Crippen LogP contribution in [0.3, 0.4) is 0 Å². The highest BCUT2D eigenvalue weighted by molar-refractivity contribution is 6.09. The van der Waals surface area contributed by atoms with Crippen LogP contribution in [0, 0.1) is 0 Å². The number of nitrogens with two attached hydrogens (primary N) is 1. The molecule has 0 aliphatic rings. The molecule has 2 rings (SSSR count). The lowest BCUT2D eigenvalue weighted by Crippen LogP contribution is -2.02. The first-order valence-electron chi connectivity index (χ1n) is 6.08. The van der Waals surface area contributed by atoms with Gasteiger partial charge in [0.05, 0.1) is 0 Å². The predicted molar refractivity (Wildman–Crippen MR) is 74.8 cm³/mol. The van der Waals surface area contributed by atoms with E-state index in [1.807, 2.05) is 24.3 Å². The third kappa shape index (κ3) is 2.59. The summed E-state index contributed by atoms with van der Waals surface area (Å²) in [5.41, 5.74) is 8.86. The van der Waals surface area contributed by atoms with Crippen molar-refractivity contribution < 1.29 is 4.79 Å². The summed E-state index contributed by atoms with van der Waals surface area (Å²) in [5, 5.41) is 0. The van der Waals surface area contributed by atoms with Crippen molar-refractivity contribution in [2.24, 2.45) is 0 Å². The molecule has 0 aliphatic heterocycles. The molecule has 0 saturated carbocycles. The van der Waals surface area contributed by atoms with Crippen LogP contribution in [0.15, 0.2) is 48.5 Å². The van der Waals surface area contributed by atoms with Crippen molar-refractivity contribution in [2.45, 2.75) is 19.8 Å². The van der Waals surface area contributed by atoms with Crippen molar-refractivity contribution in [1.29, 1.82) is 0 Å². The summed E-state index contributed by atoms with van der Waals surface area (Å²) < 4.78 is 0. The number of rotatable bonds is 3. The Morgan fingerprint density at radius 3 is 2.22 bits per heavy atom. The van der Waals surface area contributed by atoms with Gasteiger partial charge < -0.3 is 5.73 Å². The van der Waals surface area contributed by atoms with E-state index < -0.39 is 0 Å². The van der Waals surface area contributed by atoms with Gasteiger partial charge in [0.15, 0.2) is 5.78 Å². The first-order chi connectivity index (χ1) is 8.58. The molecule has 92 valence electrons. The monoisotopic (exact) mass is 239 g/mol. The number of anilines is 1. The lowest BCUT2D eigenvalue weighted by molar-refractivity contribution is 0.103. The third-order valence-electron chi connectivity index (χ3n) is 2.99. The average Bonchev–Trinajstić information content (AvgIpc) is 2.38. The van der Waals surface area contributed by atoms with Crippen LogP contribution in [-0.2, 0) is 0 Å². The van der Waals surface area contributed by atoms with Crippen molar-refractivity contribution >= 4 is 11.5 Å². The highest BCUT2D eigenvalue weighted by Crippen LogP contribution is 2.17.